The molecule has 0 aliphatic rings. The summed E-state index contributed by atoms with van der Waals surface area (Å²) in [6, 6.07) is 16.0. The number of rotatable bonds is 7. The summed E-state index contributed by atoms with van der Waals surface area (Å²) in [6.07, 6.45) is 3.51. The zero-order valence-corrected chi connectivity index (χ0v) is 15.9. The maximum absolute atomic E-state index is 12.5. The molecule has 0 fully saturated rings. The van der Waals surface area contributed by atoms with Gasteiger partial charge in [-0.1, -0.05) is 30.3 Å². The molecular weight excluding hydrogens is 364 g/mol. The van der Waals surface area contributed by atoms with Crippen LogP contribution in [-0.2, 0) is 16.6 Å². The number of nitrogens with one attached hydrogen (secondary N) is 1. The molecular formula is C20H20N2O4S. The van der Waals surface area contributed by atoms with Crippen LogP contribution in [0.25, 0.3) is 11.1 Å². The lowest BCUT2D eigenvalue weighted by Crippen LogP contribution is -2.23. The van der Waals surface area contributed by atoms with Crippen molar-refractivity contribution in [2.75, 3.05) is 14.2 Å². The van der Waals surface area contributed by atoms with Gasteiger partial charge in [0.1, 0.15) is 0 Å². The lowest BCUT2D eigenvalue weighted by Gasteiger charge is -2.11. The van der Waals surface area contributed by atoms with Crippen molar-refractivity contribution in [3.63, 3.8) is 0 Å². The van der Waals surface area contributed by atoms with Crippen LogP contribution in [-0.4, -0.2) is 27.6 Å². The number of pyridine rings is 1. The summed E-state index contributed by atoms with van der Waals surface area (Å²) in [5.74, 6) is 0.837. The van der Waals surface area contributed by atoms with E-state index in [4.69, 9.17) is 9.47 Å². The molecule has 6 nitrogen and oxygen atoms in total. The Morgan fingerprint density at radius 3 is 2.30 bits per heavy atom. The van der Waals surface area contributed by atoms with E-state index in [-0.39, 0.29) is 11.4 Å². The molecule has 3 rings (SSSR count). The van der Waals surface area contributed by atoms with Crippen molar-refractivity contribution in [1.29, 1.82) is 0 Å². The number of hydrogen-bond acceptors (Lipinski definition) is 5. The predicted octanol–water partition coefficient (Wildman–Crippen LogP) is 3.24. The van der Waals surface area contributed by atoms with E-state index in [0.29, 0.717) is 11.5 Å². The molecule has 0 saturated carbocycles. The molecule has 0 amide bonds. The van der Waals surface area contributed by atoms with Crippen LogP contribution in [0.4, 0.5) is 0 Å². The largest absolute Gasteiger partial charge is 0.493 e. The van der Waals surface area contributed by atoms with Gasteiger partial charge in [0, 0.05) is 25.0 Å². The van der Waals surface area contributed by atoms with Crippen LogP contribution in [0.5, 0.6) is 11.5 Å². The Labute approximate surface area is 158 Å². The maximum atomic E-state index is 12.5. The second kappa shape index (κ2) is 8.20. The molecule has 0 spiro atoms. The van der Waals surface area contributed by atoms with Gasteiger partial charge in [-0.15, -0.1) is 0 Å². The van der Waals surface area contributed by atoms with Crippen molar-refractivity contribution in [2.24, 2.45) is 0 Å². The highest BCUT2D eigenvalue weighted by atomic mass is 32.2. The SMILES string of the molecule is COc1ccc(S(=O)(=O)NCc2ccc(-c3cccnc3)cc2)cc1OC. The summed E-state index contributed by atoms with van der Waals surface area (Å²) < 4.78 is 38.0. The Kier molecular flexibility index (Phi) is 5.73. The van der Waals surface area contributed by atoms with E-state index in [1.54, 1.807) is 18.5 Å². The molecule has 0 bridgehead atoms. The summed E-state index contributed by atoms with van der Waals surface area (Å²) in [5, 5.41) is 0. The predicted molar refractivity (Wildman–Crippen MR) is 103 cm³/mol. The number of aromatic nitrogens is 1. The monoisotopic (exact) mass is 384 g/mol. The molecule has 1 aromatic heterocycles. The van der Waals surface area contributed by atoms with E-state index in [9.17, 15) is 8.42 Å². The minimum absolute atomic E-state index is 0.118. The van der Waals surface area contributed by atoms with Gasteiger partial charge in [0.15, 0.2) is 11.5 Å². The second-order valence-corrected chi connectivity index (χ2v) is 7.55. The Hall–Kier alpha value is -2.90. The minimum Gasteiger partial charge on any atom is -0.493 e. The third kappa shape index (κ3) is 4.45. The van der Waals surface area contributed by atoms with E-state index >= 15 is 0 Å². The first-order chi connectivity index (χ1) is 13.0. The number of ether oxygens (including phenoxy) is 2. The quantitative estimate of drug-likeness (QED) is 0.677. The van der Waals surface area contributed by atoms with Gasteiger partial charge in [-0.2, -0.15) is 0 Å². The third-order valence-electron chi connectivity index (χ3n) is 4.08. The zero-order valence-electron chi connectivity index (χ0n) is 15.0. The van der Waals surface area contributed by atoms with Gasteiger partial charge in [0.05, 0.1) is 19.1 Å². The van der Waals surface area contributed by atoms with Gasteiger partial charge < -0.3 is 9.47 Å². The van der Waals surface area contributed by atoms with E-state index in [0.717, 1.165) is 16.7 Å². The average Bonchev–Trinajstić information content (AvgIpc) is 2.72. The summed E-state index contributed by atoms with van der Waals surface area (Å²) in [5.41, 5.74) is 2.89. The molecule has 2 aromatic carbocycles. The van der Waals surface area contributed by atoms with Crippen LogP contribution >= 0.6 is 0 Å². The van der Waals surface area contributed by atoms with Crippen LogP contribution in [0, 0.1) is 0 Å². The second-order valence-electron chi connectivity index (χ2n) is 5.78. The molecule has 1 heterocycles. The van der Waals surface area contributed by atoms with E-state index in [1.165, 1.54) is 26.4 Å². The van der Waals surface area contributed by atoms with Gasteiger partial charge in [-0.25, -0.2) is 13.1 Å². The number of benzene rings is 2. The van der Waals surface area contributed by atoms with Crippen LogP contribution in [0.3, 0.4) is 0 Å². The summed E-state index contributed by atoms with van der Waals surface area (Å²) in [6.45, 7) is 0.185. The van der Waals surface area contributed by atoms with Gasteiger partial charge in [0.25, 0.3) is 0 Å². The first kappa shape index (κ1) is 18.9. The molecule has 0 saturated heterocycles. The minimum atomic E-state index is -3.67. The molecule has 7 heteroatoms. The Morgan fingerprint density at radius 2 is 1.67 bits per heavy atom. The molecule has 0 radical (unpaired) electrons. The van der Waals surface area contributed by atoms with Crippen LogP contribution < -0.4 is 14.2 Å². The average molecular weight is 384 g/mol. The normalized spacial score (nSPS) is 11.2. The standard InChI is InChI=1S/C20H20N2O4S/c1-25-19-10-9-18(12-20(19)26-2)27(23,24)22-13-15-5-7-16(8-6-15)17-4-3-11-21-14-17/h3-12,14,22H,13H2,1-2H3. The summed E-state index contributed by atoms with van der Waals surface area (Å²) in [4.78, 5) is 4.22. The van der Waals surface area contributed by atoms with E-state index in [2.05, 4.69) is 9.71 Å². The van der Waals surface area contributed by atoms with Gasteiger partial charge in [-0.05, 0) is 34.9 Å². The first-order valence-electron chi connectivity index (χ1n) is 8.24. The van der Waals surface area contributed by atoms with Crippen LogP contribution in [0.15, 0.2) is 71.9 Å². The van der Waals surface area contributed by atoms with Crippen molar-refractivity contribution in [3.05, 3.63) is 72.6 Å². The number of nitrogens with zero attached hydrogens (tertiary/aromatic N) is 1. The fourth-order valence-electron chi connectivity index (χ4n) is 2.59. The van der Waals surface area contributed by atoms with Crippen molar-refractivity contribution >= 4 is 10.0 Å². The van der Waals surface area contributed by atoms with Crippen molar-refractivity contribution in [3.8, 4) is 22.6 Å². The Morgan fingerprint density at radius 1 is 0.926 bits per heavy atom. The van der Waals surface area contributed by atoms with Crippen molar-refractivity contribution in [2.45, 2.75) is 11.4 Å². The smallest absolute Gasteiger partial charge is 0.241 e. The zero-order chi connectivity index (χ0) is 19.3. The topological polar surface area (TPSA) is 77.5 Å². The fraction of sp³-hybridized carbons (Fsp3) is 0.150. The van der Waals surface area contributed by atoms with E-state index < -0.39 is 10.0 Å². The number of methoxy groups -OCH3 is 2. The van der Waals surface area contributed by atoms with Crippen molar-refractivity contribution in [1.82, 2.24) is 9.71 Å². The highest BCUT2D eigenvalue weighted by Crippen LogP contribution is 2.29. The maximum Gasteiger partial charge on any atom is 0.241 e. The molecule has 0 aliphatic heterocycles. The number of hydrogen-bond donors (Lipinski definition) is 1. The first-order valence-corrected chi connectivity index (χ1v) is 9.73. The van der Waals surface area contributed by atoms with Crippen LogP contribution in [0.1, 0.15) is 5.56 Å². The van der Waals surface area contributed by atoms with Gasteiger partial charge in [-0.3, -0.25) is 4.98 Å². The Bertz CT molecular complexity index is 1000. The molecule has 27 heavy (non-hydrogen) atoms. The van der Waals surface area contributed by atoms with Crippen molar-refractivity contribution < 1.29 is 17.9 Å². The highest BCUT2D eigenvalue weighted by molar-refractivity contribution is 7.89. The lowest BCUT2D eigenvalue weighted by molar-refractivity contribution is 0.354. The summed E-state index contributed by atoms with van der Waals surface area (Å²) in [7, 11) is -0.711. The molecule has 0 unspecified atom stereocenters. The Balaban J connectivity index is 1.72. The lowest BCUT2D eigenvalue weighted by atomic mass is 10.1. The van der Waals surface area contributed by atoms with E-state index in [1.807, 2.05) is 36.4 Å². The summed E-state index contributed by atoms with van der Waals surface area (Å²) >= 11 is 0. The fourth-order valence-corrected chi connectivity index (χ4v) is 3.63. The van der Waals surface area contributed by atoms with Crippen LogP contribution in [0.2, 0.25) is 0 Å². The molecule has 0 aliphatic carbocycles. The molecule has 140 valence electrons. The van der Waals surface area contributed by atoms with Gasteiger partial charge >= 0.3 is 0 Å². The highest BCUT2D eigenvalue weighted by Gasteiger charge is 2.16. The number of sulfonamides is 1. The van der Waals surface area contributed by atoms with Gasteiger partial charge in [0.2, 0.25) is 10.0 Å². The molecule has 0 atom stereocenters. The molecule has 1 N–H and O–H groups in total. The molecule has 3 aromatic rings. The third-order valence-corrected chi connectivity index (χ3v) is 5.48.